The fraction of sp³-hybridized carbons (Fsp3) is 0.125. The van der Waals surface area contributed by atoms with E-state index in [9.17, 15) is 9.59 Å². The molecule has 0 bridgehead atoms. The molecule has 0 aliphatic heterocycles. The maximum absolute atomic E-state index is 13.2. The Hall–Kier alpha value is -2.97. The molecule has 3 aromatic carbocycles. The molecule has 3 N–H and O–H groups in total. The van der Waals surface area contributed by atoms with Gasteiger partial charge in [0, 0.05) is 35.5 Å². The number of halogens is 4. The van der Waals surface area contributed by atoms with Crippen molar-refractivity contribution in [2.45, 2.75) is 6.92 Å². The number of H-pyrrole nitrogens is 1. The molecule has 11 heteroatoms. The Balaban J connectivity index is 0.00000342. The first-order valence-corrected chi connectivity index (χ1v) is 11.3. The summed E-state index contributed by atoms with van der Waals surface area (Å²) in [5.74, 6) is -0.307. The topological polar surface area (TPSA) is 90.1 Å². The lowest BCUT2D eigenvalue weighted by molar-refractivity contribution is 0.101. The number of hydrogen-bond donors (Lipinski definition) is 3. The number of nitrogens with one attached hydrogen (secondary N) is 3. The van der Waals surface area contributed by atoms with E-state index in [2.05, 4.69) is 20.6 Å². The van der Waals surface area contributed by atoms with Crippen LogP contribution in [0.4, 0.5) is 17.3 Å². The van der Waals surface area contributed by atoms with E-state index in [4.69, 9.17) is 34.8 Å². The van der Waals surface area contributed by atoms with Crippen molar-refractivity contribution in [2.24, 2.45) is 0 Å². The van der Waals surface area contributed by atoms with E-state index in [1.54, 1.807) is 41.3 Å². The average Bonchev–Trinajstić information content (AvgIpc) is 3.22. The van der Waals surface area contributed by atoms with Crippen LogP contribution < -0.4 is 15.5 Å². The monoisotopic (exact) mass is 551 g/mol. The maximum atomic E-state index is 13.2. The Kier molecular flexibility index (Phi) is 8.18. The van der Waals surface area contributed by atoms with Gasteiger partial charge in [-0.3, -0.25) is 9.59 Å². The van der Waals surface area contributed by atoms with E-state index >= 15 is 0 Å². The molecule has 0 unspecified atom stereocenters. The van der Waals surface area contributed by atoms with Crippen LogP contribution in [-0.2, 0) is 0 Å². The number of imidazole rings is 1. The van der Waals surface area contributed by atoms with Crippen molar-refractivity contribution in [1.82, 2.24) is 9.97 Å². The molecule has 7 nitrogen and oxygen atoms in total. The molecule has 4 aromatic rings. The Labute approximate surface area is 223 Å². The van der Waals surface area contributed by atoms with Crippen LogP contribution in [0.2, 0.25) is 15.1 Å². The third kappa shape index (κ3) is 5.82. The van der Waals surface area contributed by atoms with Crippen molar-refractivity contribution in [3.63, 3.8) is 0 Å². The molecule has 0 radical (unpaired) electrons. The van der Waals surface area contributed by atoms with Gasteiger partial charge in [-0.05, 0) is 55.0 Å². The summed E-state index contributed by atoms with van der Waals surface area (Å²) in [5.41, 5.74) is 3.34. The predicted octanol–water partition coefficient (Wildman–Crippen LogP) is 6.82. The van der Waals surface area contributed by atoms with E-state index in [1.807, 2.05) is 27.1 Å². The summed E-state index contributed by atoms with van der Waals surface area (Å²) in [6.07, 6.45) is 0. The van der Waals surface area contributed by atoms with Crippen molar-refractivity contribution in [3.05, 3.63) is 80.3 Å². The number of anilines is 3. The van der Waals surface area contributed by atoms with Gasteiger partial charge in [-0.15, -0.1) is 12.4 Å². The van der Waals surface area contributed by atoms with E-state index in [-0.39, 0.29) is 28.6 Å². The summed E-state index contributed by atoms with van der Waals surface area (Å²) in [6.45, 7) is 1.88. The highest BCUT2D eigenvalue weighted by atomic mass is 35.5. The number of fused-ring (bicyclic) bond motifs is 1. The van der Waals surface area contributed by atoms with Crippen molar-refractivity contribution in [3.8, 4) is 0 Å². The molecular weight excluding hydrogens is 532 g/mol. The van der Waals surface area contributed by atoms with Crippen LogP contribution in [0.25, 0.3) is 11.0 Å². The number of rotatable bonds is 5. The molecule has 0 atom stereocenters. The van der Waals surface area contributed by atoms with Gasteiger partial charge in [0.15, 0.2) is 0 Å². The summed E-state index contributed by atoms with van der Waals surface area (Å²) < 4.78 is 0. The zero-order chi connectivity index (χ0) is 24.6. The van der Waals surface area contributed by atoms with Gasteiger partial charge in [0.1, 0.15) is 5.52 Å². The maximum Gasteiger partial charge on any atom is 0.258 e. The van der Waals surface area contributed by atoms with E-state index in [0.717, 1.165) is 5.56 Å². The number of aryl methyl sites for hydroxylation is 1. The number of nitrogens with zero attached hydrogens (tertiary/aromatic N) is 2. The van der Waals surface area contributed by atoms with Crippen LogP contribution in [0, 0.1) is 6.92 Å². The van der Waals surface area contributed by atoms with E-state index in [0.29, 0.717) is 38.4 Å². The molecule has 1 aromatic heterocycles. The third-order valence-corrected chi connectivity index (χ3v) is 6.07. The predicted molar refractivity (Wildman–Crippen MR) is 146 cm³/mol. The third-order valence-electron chi connectivity index (χ3n) is 5.10. The molecular formula is C24H21Cl4N5O2. The van der Waals surface area contributed by atoms with Crippen LogP contribution in [0.15, 0.2) is 48.5 Å². The van der Waals surface area contributed by atoms with Crippen molar-refractivity contribution < 1.29 is 9.59 Å². The fourth-order valence-electron chi connectivity index (χ4n) is 3.30. The zero-order valence-electron chi connectivity index (χ0n) is 18.9. The van der Waals surface area contributed by atoms with Crippen LogP contribution in [0.5, 0.6) is 0 Å². The Morgan fingerprint density at radius 1 is 0.857 bits per heavy atom. The van der Waals surface area contributed by atoms with E-state index in [1.165, 1.54) is 6.07 Å². The minimum atomic E-state index is -0.462. The van der Waals surface area contributed by atoms with Gasteiger partial charge < -0.3 is 20.5 Å². The first kappa shape index (κ1) is 26.6. The van der Waals surface area contributed by atoms with Crippen LogP contribution >= 0.6 is 47.2 Å². The fourth-order valence-corrected chi connectivity index (χ4v) is 3.86. The second kappa shape index (κ2) is 10.7. The number of amides is 2. The first-order valence-electron chi connectivity index (χ1n) is 10.2. The molecule has 182 valence electrons. The molecule has 0 saturated carbocycles. The summed E-state index contributed by atoms with van der Waals surface area (Å²) in [7, 11) is 3.66. The van der Waals surface area contributed by atoms with Gasteiger partial charge in [-0.2, -0.15) is 0 Å². The summed E-state index contributed by atoms with van der Waals surface area (Å²) in [4.78, 5) is 35.6. The smallest absolute Gasteiger partial charge is 0.258 e. The van der Waals surface area contributed by atoms with Gasteiger partial charge in [-0.25, -0.2) is 4.98 Å². The number of carbonyl (C=O) groups is 2. The highest BCUT2D eigenvalue weighted by Gasteiger charge is 2.19. The van der Waals surface area contributed by atoms with Crippen LogP contribution in [0.3, 0.4) is 0 Å². The lowest BCUT2D eigenvalue weighted by Gasteiger charge is -2.11. The molecule has 0 saturated heterocycles. The lowest BCUT2D eigenvalue weighted by Crippen LogP contribution is -2.15. The van der Waals surface area contributed by atoms with Crippen molar-refractivity contribution in [2.75, 3.05) is 29.6 Å². The minimum Gasteiger partial charge on any atom is -0.349 e. The summed E-state index contributed by atoms with van der Waals surface area (Å²) in [6, 6.07) is 13.1. The second-order valence-electron chi connectivity index (χ2n) is 7.87. The standard InChI is InChI=1S/C24H20Cl3N5O2.ClH/c1-12-4-6-14(10-19(12)27)28-23(34)17-9-15(11-20-21(17)31-24(30-20)32(2)3)29-22(33)16-8-13(25)5-7-18(16)26;/h4-11H,1-3H3,(H,28,34)(H,29,33)(H,30,31);1H. The van der Waals surface area contributed by atoms with E-state index < -0.39 is 11.8 Å². The van der Waals surface area contributed by atoms with Crippen molar-refractivity contribution in [1.29, 1.82) is 0 Å². The molecule has 0 aliphatic carbocycles. The normalized spacial score (nSPS) is 10.6. The van der Waals surface area contributed by atoms with Crippen molar-refractivity contribution >= 4 is 87.4 Å². The Morgan fingerprint density at radius 3 is 2.23 bits per heavy atom. The molecule has 0 spiro atoms. The van der Waals surface area contributed by atoms with Gasteiger partial charge in [0.25, 0.3) is 11.8 Å². The highest BCUT2D eigenvalue weighted by Crippen LogP contribution is 2.28. The molecule has 1 heterocycles. The lowest BCUT2D eigenvalue weighted by atomic mass is 10.1. The molecule has 35 heavy (non-hydrogen) atoms. The Morgan fingerprint density at radius 2 is 1.54 bits per heavy atom. The largest absolute Gasteiger partial charge is 0.349 e. The number of benzene rings is 3. The highest BCUT2D eigenvalue weighted by molar-refractivity contribution is 6.36. The summed E-state index contributed by atoms with van der Waals surface area (Å²) in [5, 5.41) is 6.81. The van der Waals surface area contributed by atoms with Crippen LogP contribution in [0.1, 0.15) is 26.3 Å². The zero-order valence-corrected chi connectivity index (χ0v) is 22.0. The Bertz CT molecular complexity index is 1440. The van der Waals surface area contributed by atoms with Gasteiger partial charge >= 0.3 is 0 Å². The molecule has 4 rings (SSSR count). The number of carbonyl (C=O) groups excluding carboxylic acids is 2. The molecule has 0 fully saturated rings. The average molecular weight is 553 g/mol. The minimum absolute atomic E-state index is 0. The molecule has 0 aliphatic rings. The SMILES string of the molecule is Cc1ccc(NC(=O)c2cc(NC(=O)c3cc(Cl)ccc3Cl)cc3[nH]c(N(C)C)nc23)cc1Cl.Cl. The number of aromatic nitrogens is 2. The van der Waals surface area contributed by atoms with Crippen LogP contribution in [-0.4, -0.2) is 35.9 Å². The van der Waals surface area contributed by atoms with Gasteiger partial charge in [0.2, 0.25) is 5.95 Å². The number of hydrogen-bond acceptors (Lipinski definition) is 4. The quantitative estimate of drug-likeness (QED) is 0.253. The van der Waals surface area contributed by atoms with Gasteiger partial charge in [0.05, 0.1) is 21.7 Å². The second-order valence-corrected chi connectivity index (χ2v) is 9.12. The first-order chi connectivity index (χ1) is 16.1. The summed E-state index contributed by atoms with van der Waals surface area (Å²) >= 11 is 18.4. The van der Waals surface area contributed by atoms with Gasteiger partial charge in [-0.1, -0.05) is 40.9 Å². The number of aromatic amines is 1. The molecule has 2 amide bonds.